The number of benzene rings is 2. The molecule has 0 bridgehead atoms. The first kappa shape index (κ1) is 20.8. The van der Waals surface area contributed by atoms with Gasteiger partial charge in [0.2, 0.25) is 0 Å². The zero-order valence-corrected chi connectivity index (χ0v) is 18.4. The summed E-state index contributed by atoms with van der Waals surface area (Å²) in [6.45, 7) is 0. The van der Waals surface area contributed by atoms with Crippen LogP contribution < -0.4 is 15.1 Å². The van der Waals surface area contributed by atoms with Crippen LogP contribution in [0.3, 0.4) is 0 Å². The van der Waals surface area contributed by atoms with E-state index < -0.39 is 11.8 Å². The van der Waals surface area contributed by atoms with E-state index >= 15 is 0 Å². The van der Waals surface area contributed by atoms with E-state index in [9.17, 15) is 9.59 Å². The van der Waals surface area contributed by atoms with Gasteiger partial charge in [-0.25, -0.2) is 0 Å². The molecule has 1 aliphatic rings. The lowest BCUT2D eigenvalue weighted by molar-refractivity contribution is -0.122. The van der Waals surface area contributed by atoms with E-state index in [1.807, 2.05) is 66.2 Å². The van der Waals surface area contributed by atoms with Crippen LogP contribution in [-0.2, 0) is 9.59 Å². The van der Waals surface area contributed by atoms with Gasteiger partial charge in [-0.3, -0.25) is 19.8 Å². The number of carbonyl (C=O) groups is 2. The predicted octanol–water partition coefficient (Wildman–Crippen LogP) is 4.03. The van der Waals surface area contributed by atoms with Gasteiger partial charge in [-0.15, -0.1) is 0 Å². The summed E-state index contributed by atoms with van der Waals surface area (Å²) >= 11 is 11.2. The van der Waals surface area contributed by atoms with Crippen molar-refractivity contribution in [2.45, 2.75) is 0 Å². The van der Waals surface area contributed by atoms with Crippen molar-refractivity contribution in [2.75, 3.05) is 23.9 Å². The van der Waals surface area contributed by atoms with Crippen LogP contribution in [0.4, 0.5) is 11.4 Å². The SMILES string of the molecule is CN(C)c1ccc(-n2cccc2/C=C2\C(=O)NC(=S)N(c3ccc(Cl)cc3)C2=O)cc1. The second-order valence-corrected chi connectivity index (χ2v) is 7.97. The van der Waals surface area contributed by atoms with Gasteiger partial charge in [0, 0.05) is 42.4 Å². The molecule has 0 unspecified atom stereocenters. The van der Waals surface area contributed by atoms with Crippen LogP contribution in [0, 0.1) is 0 Å². The Balaban J connectivity index is 1.70. The van der Waals surface area contributed by atoms with Crippen molar-refractivity contribution in [3.63, 3.8) is 0 Å². The molecule has 6 nitrogen and oxygen atoms in total. The molecule has 0 saturated carbocycles. The molecule has 2 aromatic carbocycles. The molecule has 1 aliphatic heterocycles. The van der Waals surface area contributed by atoms with Gasteiger partial charge in [-0.2, -0.15) is 0 Å². The van der Waals surface area contributed by atoms with Crippen molar-refractivity contribution in [1.29, 1.82) is 0 Å². The summed E-state index contributed by atoms with van der Waals surface area (Å²) in [5.74, 6) is -1.03. The normalized spacial score (nSPS) is 15.4. The van der Waals surface area contributed by atoms with Gasteiger partial charge in [0.25, 0.3) is 11.8 Å². The Morgan fingerprint density at radius 1 is 0.968 bits per heavy atom. The van der Waals surface area contributed by atoms with Crippen LogP contribution in [-0.4, -0.2) is 35.6 Å². The second kappa shape index (κ2) is 8.37. The molecule has 8 heteroatoms. The molecule has 4 rings (SSSR count). The minimum Gasteiger partial charge on any atom is -0.378 e. The number of thiocarbonyl (C=S) groups is 1. The van der Waals surface area contributed by atoms with Crippen molar-refractivity contribution in [3.05, 3.63) is 83.2 Å². The molecule has 2 heterocycles. The first-order valence-electron chi connectivity index (χ1n) is 9.47. The lowest BCUT2D eigenvalue weighted by Gasteiger charge is -2.29. The van der Waals surface area contributed by atoms with Crippen molar-refractivity contribution < 1.29 is 9.59 Å². The number of carbonyl (C=O) groups excluding carboxylic acids is 2. The second-order valence-electron chi connectivity index (χ2n) is 7.15. The number of nitrogens with zero attached hydrogens (tertiary/aromatic N) is 3. The van der Waals surface area contributed by atoms with Gasteiger partial charge >= 0.3 is 0 Å². The lowest BCUT2D eigenvalue weighted by atomic mass is 10.1. The summed E-state index contributed by atoms with van der Waals surface area (Å²) in [7, 11) is 3.95. The predicted molar refractivity (Wildman–Crippen MR) is 128 cm³/mol. The van der Waals surface area contributed by atoms with Crippen LogP contribution >= 0.6 is 23.8 Å². The van der Waals surface area contributed by atoms with Gasteiger partial charge < -0.3 is 9.47 Å². The van der Waals surface area contributed by atoms with Crippen molar-refractivity contribution in [1.82, 2.24) is 9.88 Å². The molecule has 1 fully saturated rings. The highest BCUT2D eigenvalue weighted by Crippen LogP contribution is 2.25. The summed E-state index contributed by atoms with van der Waals surface area (Å²) in [6.07, 6.45) is 3.45. The number of hydrogen-bond donors (Lipinski definition) is 1. The van der Waals surface area contributed by atoms with Crippen LogP contribution in [0.25, 0.3) is 11.8 Å². The van der Waals surface area contributed by atoms with Crippen LogP contribution in [0.1, 0.15) is 5.69 Å². The molecule has 1 N–H and O–H groups in total. The maximum absolute atomic E-state index is 13.2. The number of aromatic nitrogens is 1. The molecule has 1 saturated heterocycles. The summed E-state index contributed by atoms with van der Waals surface area (Å²) in [4.78, 5) is 29.1. The topological polar surface area (TPSA) is 57.6 Å². The van der Waals surface area contributed by atoms with Crippen molar-refractivity contribution in [3.8, 4) is 5.69 Å². The van der Waals surface area contributed by atoms with E-state index in [2.05, 4.69) is 5.32 Å². The largest absolute Gasteiger partial charge is 0.378 e. The molecule has 0 radical (unpaired) electrons. The van der Waals surface area contributed by atoms with E-state index in [-0.39, 0.29) is 10.7 Å². The van der Waals surface area contributed by atoms with Crippen molar-refractivity contribution >= 4 is 58.2 Å². The first-order chi connectivity index (χ1) is 14.8. The number of anilines is 2. The third kappa shape index (κ3) is 4.10. The summed E-state index contributed by atoms with van der Waals surface area (Å²) in [5, 5.41) is 3.17. The molecular formula is C23H19ClN4O2S. The minimum absolute atomic E-state index is 0.00610. The third-order valence-corrected chi connectivity index (χ3v) is 5.44. The van der Waals surface area contributed by atoms with Gasteiger partial charge in [-0.05, 0) is 79.0 Å². The Hall–Kier alpha value is -3.42. The van der Waals surface area contributed by atoms with Crippen LogP contribution in [0.15, 0.2) is 72.4 Å². The third-order valence-electron chi connectivity index (χ3n) is 4.90. The Bertz CT molecular complexity index is 1200. The molecule has 0 aliphatic carbocycles. The molecule has 156 valence electrons. The fourth-order valence-electron chi connectivity index (χ4n) is 3.29. The average Bonchev–Trinajstić information content (AvgIpc) is 3.20. The number of amides is 2. The smallest absolute Gasteiger partial charge is 0.270 e. The molecule has 1 aromatic heterocycles. The minimum atomic E-state index is -0.532. The van der Waals surface area contributed by atoms with E-state index in [1.54, 1.807) is 30.3 Å². The summed E-state index contributed by atoms with van der Waals surface area (Å²) in [6, 6.07) is 18.4. The van der Waals surface area contributed by atoms with Crippen LogP contribution in [0.2, 0.25) is 5.02 Å². The van der Waals surface area contributed by atoms with Gasteiger partial charge in [0.05, 0.1) is 5.69 Å². The molecule has 2 amide bonds. The Kier molecular flexibility index (Phi) is 5.63. The number of hydrogen-bond acceptors (Lipinski definition) is 4. The molecule has 3 aromatic rings. The first-order valence-corrected chi connectivity index (χ1v) is 10.3. The number of halogens is 1. The van der Waals surface area contributed by atoms with E-state index in [0.29, 0.717) is 16.4 Å². The lowest BCUT2D eigenvalue weighted by Crippen LogP contribution is -2.54. The number of rotatable bonds is 4. The molecule has 0 atom stereocenters. The standard InChI is InChI=1S/C23H19ClN4O2S/c1-26(2)16-9-11-17(12-10-16)27-13-3-4-19(27)14-20-21(29)25-23(31)28(22(20)30)18-7-5-15(24)6-8-18/h3-14H,1-2H3,(H,25,29,31)/b20-14+. The highest BCUT2D eigenvalue weighted by molar-refractivity contribution is 7.80. The monoisotopic (exact) mass is 450 g/mol. The van der Waals surface area contributed by atoms with Crippen LogP contribution in [0.5, 0.6) is 0 Å². The van der Waals surface area contributed by atoms with Gasteiger partial charge in [0.15, 0.2) is 5.11 Å². The fourth-order valence-corrected chi connectivity index (χ4v) is 3.70. The van der Waals surface area contributed by atoms with Gasteiger partial charge in [-0.1, -0.05) is 11.6 Å². The highest BCUT2D eigenvalue weighted by atomic mass is 35.5. The van der Waals surface area contributed by atoms with Gasteiger partial charge in [0.1, 0.15) is 5.57 Å². The maximum atomic E-state index is 13.2. The zero-order chi connectivity index (χ0) is 22.1. The average molecular weight is 451 g/mol. The number of nitrogens with one attached hydrogen (secondary N) is 1. The summed E-state index contributed by atoms with van der Waals surface area (Å²) < 4.78 is 1.91. The van der Waals surface area contributed by atoms with E-state index in [1.165, 1.54) is 4.90 Å². The Morgan fingerprint density at radius 3 is 2.26 bits per heavy atom. The highest BCUT2D eigenvalue weighted by Gasteiger charge is 2.34. The Labute approximate surface area is 190 Å². The fraction of sp³-hybridized carbons (Fsp3) is 0.0870. The summed E-state index contributed by atoms with van der Waals surface area (Å²) in [5.41, 5.74) is 3.20. The molecule has 0 spiro atoms. The van der Waals surface area contributed by atoms with E-state index in [4.69, 9.17) is 23.8 Å². The van der Waals surface area contributed by atoms with Crippen molar-refractivity contribution in [2.24, 2.45) is 0 Å². The zero-order valence-electron chi connectivity index (χ0n) is 16.9. The Morgan fingerprint density at radius 2 is 1.61 bits per heavy atom. The van der Waals surface area contributed by atoms with E-state index in [0.717, 1.165) is 11.4 Å². The molecule has 31 heavy (non-hydrogen) atoms. The molecular weight excluding hydrogens is 432 g/mol. The maximum Gasteiger partial charge on any atom is 0.270 e. The quantitative estimate of drug-likeness (QED) is 0.370.